The minimum Gasteiger partial charge on any atom is -0.490 e. The van der Waals surface area contributed by atoms with Gasteiger partial charge in [-0.15, -0.1) is 0 Å². The van der Waals surface area contributed by atoms with Crippen molar-refractivity contribution in [2.45, 2.75) is 0 Å². The number of rotatable bonds is 5. The van der Waals surface area contributed by atoms with Crippen LogP contribution in [0.15, 0.2) is 18.2 Å². The number of benzene rings is 1. The van der Waals surface area contributed by atoms with Crippen molar-refractivity contribution in [3.8, 4) is 5.75 Å². The molecule has 1 aromatic rings. The number of hydrogen-bond donors (Lipinski definition) is 0. The van der Waals surface area contributed by atoms with Crippen molar-refractivity contribution in [3.63, 3.8) is 0 Å². The number of methoxy groups -OCH3 is 2. The number of carbonyl (C=O) groups is 1. The Morgan fingerprint density at radius 3 is 2.61 bits per heavy atom. The van der Waals surface area contributed by atoms with Gasteiger partial charge in [0.15, 0.2) is 5.75 Å². The van der Waals surface area contributed by atoms with Crippen molar-refractivity contribution in [2.75, 3.05) is 32.8 Å². The lowest BCUT2D eigenvalue weighted by Crippen LogP contribution is -2.29. The van der Waals surface area contributed by atoms with Gasteiger partial charge < -0.3 is 14.4 Å². The van der Waals surface area contributed by atoms with Crippen LogP contribution in [0.3, 0.4) is 0 Å². The van der Waals surface area contributed by atoms with Crippen molar-refractivity contribution >= 4 is 17.3 Å². The van der Waals surface area contributed by atoms with Crippen LogP contribution < -0.4 is 9.64 Å². The first-order valence-corrected chi connectivity index (χ1v) is 5.09. The first kappa shape index (κ1) is 13.9. The molecule has 0 radical (unpaired) electrons. The van der Waals surface area contributed by atoms with Crippen molar-refractivity contribution in [1.82, 2.24) is 0 Å². The first-order chi connectivity index (χ1) is 8.51. The molecule has 1 aromatic carbocycles. The summed E-state index contributed by atoms with van der Waals surface area (Å²) in [5.41, 5.74) is 0.355. The molecule has 0 atom stereocenters. The van der Waals surface area contributed by atoms with Crippen molar-refractivity contribution in [3.05, 3.63) is 28.3 Å². The van der Waals surface area contributed by atoms with E-state index in [1.807, 2.05) is 0 Å². The van der Waals surface area contributed by atoms with E-state index in [0.29, 0.717) is 5.69 Å². The fraction of sp³-hybridized carbons (Fsp3) is 0.364. The molecule has 7 heteroatoms. The van der Waals surface area contributed by atoms with Gasteiger partial charge in [0.2, 0.25) is 0 Å². The zero-order chi connectivity index (χ0) is 13.7. The van der Waals surface area contributed by atoms with E-state index >= 15 is 0 Å². The summed E-state index contributed by atoms with van der Waals surface area (Å²) in [5.74, 6) is -0.150. The van der Waals surface area contributed by atoms with E-state index in [-0.39, 0.29) is 24.0 Å². The second-order valence-electron chi connectivity index (χ2n) is 3.50. The molecule has 0 unspecified atom stereocenters. The number of likely N-dealkylation sites (N-methyl/N-ethyl adjacent to an activating group) is 1. The molecule has 0 fully saturated rings. The van der Waals surface area contributed by atoms with Crippen LogP contribution in [0.4, 0.5) is 11.4 Å². The Labute approximate surface area is 104 Å². The Bertz CT molecular complexity index is 461. The topological polar surface area (TPSA) is 81.9 Å². The highest BCUT2D eigenvalue weighted by Gasteiger charge is 2.18. The molecule has 0 aromatic heterocycles. The lowest BCUT2D eigenvalue weighted by atomic mass is 10.2. The van der Waals surface area contributed by atoms with Crippen LogP contribution >= 0.6 is 0 Å². The van der Waals surface area contributed by atoms with Gasteiger partial charge in [-0.05, 0) is 6.07 Å². The number of nitro groups is 1. The van der Waals surface area contributed by atoms with Crippen LogP contribution in [0.2, 0.25) is 0 Å². The largest absolute Gasteiger partial charge is 0.490 e. The average molecular weight is 254 g/mol. The Hall–Kier alpha value is -2.15. The molecular weight excluding hydrogens is 240 g/mol. The molecule has 0 aliphatic heterocycles. The minimum atomic E-state index is -0.542. The van der Waals surface area contributed by atoms with Gasteiger partial charge in [0.25, 0.3) is 5.91 Å². The summed E-state index contributed by atoms with van der Waals surface area (Å²) in [6.45, 7) is -0.0597. The standard InChI is InChI=1S/C11H14N2O5/c1-12(11(14)7-17-2)8-4-5-9(13(15)16)10(6-8)18-3/h4-6H,7H2,1-3H3. The van der Waals surface area contributed by atoms with E-state index in [2.05, 4.69) is 0 Å². The summed E-state index contributed by atoms with van der Waals surface area (Å²) in [6, 6.07) is 4.21. The molecule has 18 heavy (non-hydrogen) atoms. The van der Waals surface area contributed by atoms with Crippen molar-refractivity contribution < 1.29 is 19.2 Å². The Morgan fingerprint density at radius 1 is 1.44 bits per heavy atom. The average Bonchev–Trinajstić information content (AvgIpc) is 2.37. The summed E-state index contributed by atoms with van der Waals surface area (Å²) in [5, 5.41) is 10.7. The highest BCUT2D eigenvalue weighted by atomic mass is 16.6. The van der Waals surface area contributed by atoms with Crippen LogP contribution in [0, 0.1) is 10.1 Å². The predicted molar refractivity (Wildman–Crippen MR) is 64.9 cm³/mol. The lowest BCUT2D eigenvalue weighted by molar-refractivity contribution is -0.385. The Kier molecular flexibility index (Phi) is 4.61. The van der Waals surface area contributed by atoms with Crippen molar-refractivity contribution in [2.24, 2.45) is 0 Å². The van der Waals surface area contributed by atoms with Crippen molar-refractivity contribution in [1.29, 1.82) is 0 Å². The quantitative estimate of drug-likeness (QED) is 0.582. The highest BCUT2D eigenvalue weighted by molar-refractivity contribution is 5.94. The molecule has 0 aliphatic rings. The lowest BCUT2D eigenvalue weighted by Gasteiger charge is -2.17. The second-order valence-corrected chi connectivity index (χ2v) is 3.50. The number of carbonyl (C=O) groups excluding carboxylic acids is 1. The second kappa shape index (κ2) is 5.97. The summed E-state index contributed by atoms with van der Waals surface area (Å²) in [7, 11) is 4.31. The number of hydrogen-bond acceptors (Lipinski definition) is 5. The molecule has 98 valence electrons. The van der Waals surface area contributed by atoms with Gasteiger partial charge >= 0.3 is 5.69 Å². The number of nitrogens with zero attached hydrogens (tertiary/aromatic N) is 2. The molecular formula is C11H14N2O5. The van der Waals surface area contributed by atoms with Crippen LogP contribution in [0.5, 0.6) is 5.75 Å². The maximum Gasteiger partial charge on any atom is 0.311 e. The molecule has 0 aliphatic carbocycles. The minimum absolute atomic E-state index is 0.0597. The van der Waals surface area contributed by atoms with E-state index in [9.17, 15) is 14.9 Å². The molecule has 0 heterocycles. The maximum atomic E-state index is 11.6. The number of amides is 1. The third-order valence-corrected chi connectivity index (χ3v) is 2.39. The number of anilines is 1. The van der Waals surface area contributed by atoms with E-state index in [1.54, 1.807) is 7.05 Å². The monoisotopic (exact) mass is 254 g/mol. The van der Waals surface area contributed by atoms with Gasteiger partial charge in [-0.25, -0.2) is 0 Å². The van der Waals surface area contributed by atoms with E-state index in [1.165, 1.54) is 37.3 Å². The third-order valence-electron chi connectivity index (χ3n) is 2.39. The number of ether oxygens (including phenoxy) is 2. The molecule has 0 bridgehead atoms. The van der Waals surface area contributed by atoms with Crippen LogP contribution in [0.25, 0.3) is 0 Å². The SMILES string of the molecule is COCC(=O)N(C)c1ccc([N+](=O)[O-])c(OC)c1. The Morgan fingerprint density at radius 2 is 2.11 bits per heavy atom. The summed E-state index contributed by atoms with van der Waals surface area (Å²) >= 11 is 0. The number of nitro benzene ring substituents is 1. The normalized spacial score (nSPS) is 9.94. The van der Waals surface area contributed by atoms with Gasteiger partial charge in [-0.2, -0.15) is 0 Å². The van der Waals surface area contributed by atoms with Gasteiger partial charge in [-0.1, -0.05) is 0 Å². The molecule has 7 nitrogen and oxygen atoms in total. The van der Waals surface area contributed by atoms with Gasteiger partial charge in [-0.3, -0.25) is 14.9 Å². The predicted octanol–water partition coefficient (Wildman–Crippen LogP) is 1.21. The fourth-order valence-corrected chi connectivity index (χ4v) is 1.39. The summed E-state index contributed by atoms with van der Waals surface area (Å²) in [4.78, 5) is 23.1. The van der Waals surface area contributed by atoms with Gasteiger partial charge in [0.1, 0.15) is 6.61 Å². The highest BCUT2D eigenvalue weighted by Crippen LogP contribution is 2.30. The van der Waals surface area contributed by atoms with Crippen LogP contribution in [0.1, 0.15) is 0 Å². The van der Waals surface area contributed by atoms with E-state index in [4.69, 9.17) is 9.47 Å². The zero-order valence-electron chi connectivity index (χ0n) is 10.4. The van der Waals surface area contributed by atoms with Gasteiger partial charge in [0.05, 0.1) is 12.0 Å². The van der Waals surface area contributed by atoms with Crippen LogP contribution in [-0.4, -0.2) is 38.7 Å². The molecule has 1 rings (SSSR count). The molecule has 0 saturated carbocycles. The smallest absolute Gasteiger partial charge is 0.311 e. The molecule has 0 spiro atoms. The molecule has 1 amide bonds. The Balaban J connectivity index is 3.05. The fourth-order valence-electron chi connectivity index (χ4n) is 1.39. The van der Waals surface area contributed by atoms with E-state index < -0.39 is 4.92 Å². The van der Waals surface area contributed by atoms with Gasteiger partial charge in [0, 0.05) is 32.0 Å². The third kappa shape index (κ3) is 2.95. The summed E-state index contributed by atoms with van der Waals surface area (Å²) in [6.07, 6.45) is 0. The zero-order valence-corrected chi connectivity index (χ0v) is 10.4. The maximum absolute atomic E-state index is 11.6. The molecule has 0 saturated heterocycles. The first-order valence-electron chi connectivity index (χ1n) is 5.09. The molecule has 0 N–H and O–H groups in total. The van der Waals surface area contributed by atoms with Crippen LogP contribution in [-0.2, 0) is 9.53 Å². The van der Waals surface area contributed by atoms with E-state index in [0.717, 1.165) is 0 Å². The summed E-state index contributed by atoms with van der Waals surface area (Å²) < 4.78 is 9.66.